The number of carboxylic acid groups (broad SMARTS) is 1. The van der Waals surface area contributed by atoms with E-state index < -0.39 is 5.97 Å². The van der Waals surface area contributed by atoms with Crippen LogP contribution >= 0.6 is 0 Å². The molecule has 0 aromatic heterocycles. The Hall–Kier alpha value is -1.14. The Labute approximate surface area is 107 Å². The monoisotopic (exact) mass is 258 g/mol. The fraction of sp³-hybridized carbons (Fsp3) is 0.833. The summed E-state index contributed by atoms with van der Waals surface area (Å²) in [4.78, 5) is 26.3. The number of rotatable bonds is 7. The zero-order valence-electron chi connectivity index (χ0n) is 10.9. The lowest BCUT2D eigenvalue weighted by Crippen LogP contribution is -2.46. The van der Waals surface area contributed by atoms with Gasteiger partial charge in [0.1, 0.15) is 0 Å². The van der Waals surface area contributed by atoms with Gasteiger partial charge in [-0.1, -0.05) is 6.92 Å². The molecule has 18 heavy (non-hydrogen) atoms. The molecule has 0 unspecified atom stereocenters. The van der Waals surface area contributed by atoms with Crippen molar-refractivity contribution in [2.24, 2.45) is 0 Å². The summed E-state index contributed by atoms with van der Waals surface area (Å²) in [7, 11) is 0. The lowest BCUT2D eigenvalue weighted by atomic mass is 10.3. The molecule has 0 aromatic carbocycles. The van der Waals surface area contributed by atoms with Crippen molar-refractivity contribution in [1.82, 2.24) is 9.80 Å². The summed E-state index contributed by atoms with van der Waals surface area (Å²) >= 11 is 0. The van der Waals surface area contributed by atoms with Crippen LogP contribution in [-0.4, -0.2) is 72.7 Å². The zero-order chi connectivity index (χ0) is 13.4. The number of hydrogen-bond donors (Lipinski definition) is 1. The van der Waals surface area contributed by atoms with Crippen LogP contribution in [0.2, 0.25) is 0 Å². The van der Waals surface area contributed by atoms with E-state index in [2.05, 4.69) is 0 Å². The first-order chi connectivity index (χ1) is 8.63. The molecule has 6 nitrogen and oxygen atoms in total. The molecule has 1 N–H and O–H groups in total. The van der Waals surface area contributed by atoms with Crippen LogP contribution in [-0.2, 0) is 14.3 Å². The van der Waals surface area contributed by atoms with Crippen LogP contribution in [0.4, 0.5) is 0 Å². The summed E-state index contributed by atoms with van der Waals surface area (Å²) < 4.78 is 5.20. The molecule has 1 fully saturated rings. The smallest absolute Gasteiger partial charge is 0.304 e. The molecule has 1 amide bonds. The molecule has 0 spiro atoms. The third-order valence-electron chi connectivity index (χ3n) is 2.90. The second-order valence-electron chi connectivity index (χ2n) is 4.41. The van der Waals surface area contributed by atoms with E-state index in [1.54, 1.807) is 4.90 Å². The predicted molar refractivity (Wildman–Crippen MR) is 66.4 cm³/mol. The minimum absolute atomic E-state index is 0.0668. The molecular formula is C12H22N2O4. The van der Waals surface area contributed by atoms with Gasteiger partial charge in [0.2, 0.25) is 5.91 Å². The maximum absolute atomic E-state index is 12.0. The number of hydrogen-bond acceptors (Lipinski definition) is 4. The first-order valence-electron chi connectivity index (χ1n) is 6.43. The van der Waals surface area contributed by atoms with E-state index in [0.717, 1.165) is 13.0 Å². The molecule has 104 valence electrons. The number of ether oxygens (including phenoxy) is 1. The van der Waals surface area contributed by atoms with E-state index in [1.807, 2.05) is 11.8 Å². The first-order valence-corrected chi connectivity index (χ1v) is 6.43. The zero-order valence-corrected chi connectivity index (χ0v) is 10.9. The van der Waals surface area contributed by atoms with Crippen molar-refractivity contribution in [3.63, 3.8) is 0 Å². The molecule has 1 aliphatic rings. The Morgan fingerprint density at radius 3 is 2.50 bits per heavy atom. The maximum atomic E-state index is 12.0. The summed E-state index contributed by atoms with van der Waals surface area (Å²) in [6, 6.07) is 0. The fourth-order valence-electron chi connectivity index (χ4n) is 1.94. The molecular weight excluding hydrogens is 236 g/mol. The lowest BCUT2D eigenvalue weighted by Gasteiger charge is -2.29. The number of morpholine rings is 1. The van der Waals surface area contributed by atoms with Crippen molar-refractivity contribution in [3.8, 4) is 0 Å². The van der Waals surface area contributed by atoms with Gasteiger partial charge < -0.3 is 14.7 Å². The van der Waals surface area contributed by atoms with Crippen LogP contribution < -0.4 is 0 Å². The summed E-state index contributed by atoms with van der Waals surface area (Å²) in [5, 5.41) is 8.67. The van der Waals surface area contributed by atoms with Gasteiger partial charge >= 0.3 is 5.97 Å². The van der Waals surface area contributed by atoms with Crippen LogP contribution in [0, 0.1) is 0 Å². The number of carbonyl (C=O) groups is 2. The molecule has 0 radical (unpaired) electrons. The topological polar surface area (TPSA) is 70.1 Å². The van der Waals surface area contributed by atoms with Gasteiger partial charge in [0.05, 0.1) is 26.2 Å². The van der Waals surface area contributed by atoms with Gasteiger partial charge in [0, 0.05) is 19.6 Å². The predicted octanol–water partition coefficient (Wildman–Crippen LogP) is 0.0319. The van der Waals surface area contributed by atoms with E-state index in [4.69, 9.17) is 9.84 Å². The van der Waals surface area contributed by atoms with Crippen LogP contribution in [0.25, 0.3) is 0 Å². The van der Waals surface area contributed by atoms with E-state index in [-0.39, 0.29) is 12.3 Å². The molecule has 1 heterocycles. The lowest BCUT2D eigenvalue weighted by molar-refractivity contribution is -0.139. The summed E-state index contributed by atoms with van der Waals surface area (Å²) in [5.41, 5.74) is 0. The average molecular weight is 258 g/mol. The normalized spacial score (nSPS) is 16.0. The van der Waals surface area contributed by atoms with E-state index in [9.17, 15) is 9.59 Å². The SMILES string of the molecule is CCCN(CCC(=O)O)CC(=O)N1CCOCC1. The summed E-state index contributed by atoms with van der Waals surface area (Å²) in [6.45, 7) is 5.97. The quantitative estimate of drug-likeness (QED) is 0.698. The molecule has 6 heteroatoms. The maximum Gasteiger partial charge on any atom is 0.304 e. The highest BCUT2D eigenvalue weighted by Crippen LogP contribution is 2.01. The Morgan fingerprint density at radius 1 is 1.28 bits per heavy atom. The number of amides is 1. The molecule has 1 rings (SSSR count). The van der Waals surface area contributed by atoms with E-state index in [1.165, 1.54) is 0 Å². The van der Waals surface area contributed by atoms with Crippen LogP contribution in [0.1, 0.15) is 19.8 Å². The van der Waals surface area contributed by atoms with Crippen molar-refractivity contribution >= 4 is 11.9 Å². The van der Waals surface area contributed by atoms with Gasteiger partial charge in [-0.3, -0.25) is 14.5 Å². The van der Waals surface area contributed by atoms with Crippen LogP contribution in [0.3, 0.4) is 0 Å². The van der Waals surface area contributed by atoms with Crippen LogP contribution in [0.15, 0.2) is 0 Å². The Balaban J connectivity index is 2.37. The first kappa shape index (κ1) is 14.9. The van der Waals surface area contributed by atoms with Gasteiger partial charge in [-0.25, -0.2) is 0 Å². The molecule has 1 saturated heterocycles. The molecule has 0 aliphatic carbocycles. The average Bonchev–Trinajstić information content (AvgIpc) is 2.37. The summed E-state index contributed by atoms with van der Waals surface area (Å²) in [5.74, 6) is -0.757. The van der Waals surface area contributed by atoms with Gasteiger partial charge in [0.25, 0.3) is 0 Å². The van der Waals surface area contributed by atoms with Crippen molar-refractivity contribution < 1.29 is 19.4 Å². The highest BCUT2D eigenvalue weighted by Gasteiger charge is 2.19. The summed E-state index contributed by atoms with van der Waals surface area (Å²) in [6.07, 6.45) is 0.992. The number of carbonyl (C=O) groups excluding carboxylic acids is 1. The van der Waals surface area contributed by atoms with Gasteiger partial charge in [-0.15, -0.1) is 0 Å². The van der Waals surface area contributed by atoms with Crippen molar-refractivity contribution in [3.05, 3.63) is 0 Å². The van der Waals surface area contributed by atoms with Gasteiger partial charge in [0.15, 0.2) is 0 Å². The van der Waals surface area contributed by atoms with Gasteiger partial charge in [-0.05, 0) is 13.0 Å². The number of nitrogens with zero attached hydrogens (tertiary/aromatic N) is 2. The van der Waals surface area contributed by atoms with Crippen molar-refractivity contribution in [2.45, 2.75) is 19.8 Å². The minimum Gasteiger partial charge on any atom is -0.481 e. The second-order valence-corrected chi connectivity index (χ2v) is 4.41. The van der Waals surface area contributed by atoms with Crippen molar-refractivity contribution in [2.75, 3.05) is 45.9 Å². The van der Waals surface area contributed by atoms with E-state index in [0.29, 0.717) is 39.4 Å². The van der Waals surface area contributed by atoms with E-state index >= 15 is 0 Å². The third-order valence-corrected chi connectivity index (χ3v) is 2.90. The van der Waals surface area contributed by atoms with Crippen LogP contribution in [0.5, 0.6) is 0 Å². The highest BCUT2D eigenvalue weighted by atomic mass is 16.5. The number of carboxylic acids is 1. The molecule has 1 aliphatic heterocycles. The number of aliphatic carboxylic acids is 1. The fourth-order valence-corrected chi connectivity index (χ4v) is 1.94. The molecule has 0 saturated carbocycles. The minimum atomic E-state index is -0.824. The Kier molecular flexibility index (Phi) is 6.67. The Bertz CT molecular complexity index is 277. The second kappa shape index (κ2) is 8.05. The molecule has 0 aromatic rings. The molecule has 0 atom stereocenters. The molecule has 0 bridgehead atoms. The van der Waals surface area contributed by atoms with Crippen molar-refractivity contribution in [1.29, 1.82) is 0 Å². The standard InChI is InChI=1S/C12H22N2O4/c1-2-4-13(5-3-12(16)17)10-11(15)14-6-8-18-9-7-14/h2-10H2,1H3,(H,16,17). The largest absolute Gasteiger partial charge is 0.481 e. The highest BCUT2D eigenvalue weighted by molar-refractivity contribution is 5.78. The van der Waals surface area contributed by atoms with Gasteiger partial charge in [-0.2, -0.15) is 0 Å². The Morgan fingerprint density at radius 2 is 1.94 bits per heavy atom. The third kappa shape index (κ3) is 5.46.